The first-order valence-electron chi connectivity index (χ1n) is 5.82. The molecule has 0 bridgehead atoms. The number of carbonyl (C=O) groups is 1. The Morgan fingerprint density at radius 2 is 1.95 bits per heavy atom. The first kappa shape index (κ1) is 15.8. The lowest BCUT2D eigenvalue weighted by molar-refractivity contribution is 0.0953. The number of alkyl halides is 1. The molecule has 19 heavy (non-hydrogen) atoms. The van der Waals surface area contributed by atoms with Gasteiger partial charge in [-0.2, -0.15) is 0 Å². The Morgan fingerprint density at radius 3 is 2.47 bits per heavy atom. The lowest BCUT2D eigenvalue weighted by Crippen LogP contribution is -2.27. The maximum atomic E-state index is 11.7. The summed E-state index contributed by atoms with van der Waals surface area (Å²) in [6.45, 7) is 1.70. The van der Waals surface area contributed by atoms with E-state index in [1.54, 1.807) is 24.3 Å². The number of nitrogens with one attached hydrogen (secondary N) is 1. The lowest BCUT2D eigenvalue weighted by atomic mass is 10.2. The van der Waals surface area contributed by atoms with Gasteiger partial charge in [0.15, 0.2) is 9.84 Å². The smallest absolute Gasteiger partial charge is 0.251 e. The van der Waals surface area contributed by atoms with Crippen LogP contribution in [0.1, 0.15) is 23.7 Å². The highest BCUT2D eigenvalue weighted by molar-refractivity contribution is 7.93. The van der Waals surface area contributed by atoms with Crippen molar-refractivity contribution >= 4 is 33.0 Å². The van der Waals surface area contributed by atoms with Crippen molar-refractivity contribution in [2.45, 2.75) is 18.1 Å². The van der Waals surface area contributed by atoms with Gasteiger partial charge in [0.25, 0.3) is 5.91 Å². The molecule has 0 aliphatic heterocycles. The number of sulfone groups is 1. The number of benzene rings is 1. The second-order valence-electron chi connectivity index (χ2n) is 4.14. The van der Waals surface area contributed by atoms with Crippen molar-refractivity contribution in [1.29, 1.82) is 0 Å². The Morgan fingerprint density at radius 1 is 1.37 bits per heavy atom. The van der Waals surface area contributed by atoms with Crippen LogP contribution in [0, 0.1) is 0 Å². The average Bonchev–Trinajstić information content (AvgIpc) is 2.35. The second kappa shape index (κ2) is 6.77. The van der Waals surface area contributed by atoms with E-state index in [0.717, 1.165) is 0 Å². The van der Waals surface area contributed by atoms with Gasteiger partial charge < -0.3 is 11.1 Å². The molecular weight excluding hydrogens is 288 g/mol. The number of carbonyl (C=O) groups excluding carboxylic acids is 1. The Labute approximate surface area is 118 Å². The normalized spacial score (nSPS) is 12.9. The van der Waals surface area contributed by atoms with Crippen molar-refractivity contribution in [2.24, 2.45) is 0 Å². The fourth-order valence-electron chi connectivity index (χ4n) is 1.37. The highest BCUT2D eigenvalue weighted by Crippen LogP contribution is 2.08. The minimum absolute atomic E-state index is 0.0420. The summed E-state index contributed by atoms with van der Waals surface area (Å²) in [7, 11) is -3.27. The van der Waals surface area contributed by atoms with Crippen molar-refractivity contribution in [2.75, 3.05) is 18.0 Å². The second-order valence-corrected chi connectivity index (χ2v) is 7.50. The lowest BCUT2D eigenvalue weighted by Gasteiger charge is -2.07. The Bertz CT molecular complexity index is 526. The SMILES string of the molecule is CC(Cl)S(=O)(=O)CCCNC(=O)c1ccc(N)cc1. The minimum Gasteiger partial charge on any atom is -0.399 e. The number of anilines is 1. The van der Waals surface area contributed by atoms with Crippen LogP contribution >= 0.6 is 11.6 Å². The number of nitrogens with two attached hydrogens (primary N) is 1. The number of rotatable bonds is 6. The molecule has 1 rings (SSSR count). The molecule has 0 saturated carbocycles. The molecule has 1 aromatic rings. The summed E-state index contributed by atoms with van der Waals surface area (Å²) in [5.74, 6) is -0.295. The van der Waals surface area contributed by atoms with E-state index in [-0.39, 0.29) is 18.2 Å². The van der Waals surface area contributed by atoms with Crippen LogP contribution in [-0.4, -0.2) is 31.3 Å². The van der Waals surface area contributed by atoms with Crippen LogP contribution in [0.5, 0.6) is 0 Å². The zero-order valence-electron chi connectivity index (χ0n) is 10.6. The number of amides is 1. The highest BCUT2D eigenvalue weighted by atomic mass is 35.5. The van der Waals surface area contributed by atoms with Crippen LogP contribution in [0.25, 0.3) is 0 Å². The van der Waals surface area contributed by atoms with Gasteiger partial charge in [0.2, 0.25) is 0 Å². The highest BCUT2D eigenvalue weighted by Gasteiger charge is 2.17. The molecule has 0 heterocycles. The molecule has 0 radical (unpaired) electrons. The predicted octanol–water partition coefficient (Wildman–Crippen LogP) is 1.39. The van der Waals surface area contributed by atoms with Crippen molar-refractivity contribution in [1.82, 2.24) is 5.32 Å². The average molecular weight is 305 g/mol. The van der Waals surface area contributed by atoms with Gasteiger partial charge >= 0.3 is 0 Å². The molecular formula is C12H17ClN2O3S. The van der Waals surface area contributed by atoms with Crippen LogP contribution in [0.2, 0.25) is 0 Å². The molecule has 5 nitrogen and oxygen atoms in total. The van der Waals surface area contributed by atoms with Crippen LogP contribution in [0.15, 0.2) is 24.3 Å². The topological polar surface area (TPSA) is 89.3 Å². The fraction of sp³-hybridized carbons (Fsp3) is 0.417. The molecule has 1 amide bonds. The number of hydrogen-bond acceptors (Lipinski definition) is 4. The molecule has 106 valence electrons. The third-order valence-corrected chi connectivity index (χ3v) is 5.22. The van der Waals surface area contributed by atoms with Gasteiger partial charge in [-0.3, -0.25) is 4.79 Å². The van der Waals surface area contributed by atoms with Crippen molar-refractivity contribution in [3.05, 3.63) is 29.8 Å². The maximum absolute atomic E-state index is 11.7. The molecule has 1 unspecified atom stereocenters. The van der Waals surface area contributed by atoms with Gasteiger partial charge in [0.05, 0.1) is 5.75 Å². The predicted molar refractivity (Wildman–Crippen MR) is 76.9 cm³/mol. The van der Waals surface area contributed by atoms with E-state index in [9.17, 15) is 13.2 Å². The van der Waals surface area contributed by atoms with Crippen LogP contribution in [0.4, 0.5) is 5.69 Å². The van der Waals surface area contributed by atoms with Gasteiger partial charge in [0.1, 0.15) is 4.71 Å². The van der Waals surface area contributed by atoms with E-state index < -0.39 is 14.5 Å². The minimum atomic E-state index is -3.27. The summed E-state index contributed by atoms with van der Waals surface area (Å²) < 4.78 is 21.9. The zero-order chi connectivity index (χ0) is 14.5. The van der Waals surface area contributed by atoms with Crippen molar-refractivity contribution < 1.29 is 13.2 Å². The van der Waals surface area contributed by atoms with E-state index in [0.29, 0.717) is 17.7 Å². The monoisotopic (exact) mass is 304 g/mol. The summed E-state index contributed by atoms with van der Waals surface area (Å²) in [5.41, 5.74) is 6.58. The summed E-state index contributed by atoms with van der Waals surface area (Å²) in [6.07, 6.45) is 0.333. The largest absolute Gasteiger partial charge is 0.399 e. The molecule has 7 heteroatoms. The molecule has 1 aromatic carbocycles. The number of halogens is 1. The number of hydrogen-bond donors (Lipinski definition) is 2. The van der Waals surface area contributed by atoms with E-state index in [2.05, 4.69) is 5.32 Å². The zero-order valence-corrected chi connectivity index (χ0v) is 12.2. The Balaban J connectivity index is 2.38. The van der Waals surface area contributed by atoms with Crippen LogP contribution in [-0.2, 0) is 9.84 Å². The quantitative estimate of drug-likeness (QED) is 0.472. The fourth-order valence-corrected chi connectivity index (χ4v) is 2.51. The summed E-state index contributed by atoms with van der Waals surface area (Å²) in [6, 6.07) is 6.49. The standard InChI is InChI=1S/C12H17ClN2O3S/c1-9(13)19(17,18)8-2-7-15-12(16)10-3-5-11(14)6-4-10/h3-6,9H,2,7-8,14H2,1H3,(H,15,16). The summed E-state index contributed by atoms with van der Waals surface area (Å²) in [5, 5.41) is 2.64. The van der Waals surface area contributed by atoms with Gasteiger partial charge in [-0.15, -0.1) is 11.6 Å². The third-order valence-electron chi connectivity index (χ3n) is 2.56. The third kappa shape index (κ3) is 5.08. The van der Waals surface area contributed by atoms with E-state index >= 15 is 0 Å². The van der Waals surface area contributed by atoms with Crippen LogP contribution in [0.3, 0.4) is 0 Å². The Hall–Kier alpha value is -1.27. The molecule has 0 aliphatic carbocycles. The van der Waals surface area contributed by atoms with Crippen molar-refractivity contribution in [3.63, 3.8) is 0 Å². The van der Waals surface area contributed by atoms with E-state index in [1.807, 2.05) is 0 Å². The first-order chi connectivity index (χ1) is 8.83. The van der Waals surface area contributed by atoms with E-state index in [4.69, 9.17) is 17.3 Å². The molecule has 0 spiro atoms. The first-order valence-corrected chi connectivity index (χ1v) is 7.97. The Kier molecular flexibility index (Phi) is 5.62. The maximum Gasteiger partial charge on any atom is 0.251 e. The van der Waals surface area contributed by atoms with E-state index in [1.165, 1.54) is 6.92 Å². The molecule has 0 aliphatic rings. The van der Waals surface area contributed by atoms with Crippen LogP contribution < -0.4 is 11.1 Å². The van der Waals surface area contributed by atoms with Crippen molar-refractivity contribution in [3.8, 4) is 0 Å². The summed E-state index contributed by atoms with van der Waals surface area (Å²) in [4.78, 5) is 11.7. The number of nitrogen functional groups attached to an aromatic ring is 1. The van der Waals surface area contributed by atoms with Gasteiger partial charge in [-0.05, 0) is 37.6 Å². The molecule has 0 saturated heterocycles. The molecule has 3 N–H and O–H groups in total. The molecule has 0 aromatic heterocycles. The molecule has 0 fully saturated rings. The van der Waals surface area contributed by atoms with Gasteiger partial charge in [-0.1, -0.05) is 0 Å². The van der Waals surface area contributed by atoms with Gasteiger partial charge in [-0.25, -0.2) is 8.42 Å². The summed E-state index contributed by atoms with van der Waals surface area (Å²) >= 11 is 5.53. The molecule has 1 atom stereocenters. The van der Waals surface area contributed by atoms with Gasteiger partial charge in [0, 0.05) is 17.8 Å².